The Morgan fingerprint density at radius 3 is 2.82 bits per heavy atom. The van der Waals surface area contributed by atoms with Gasteiger partial charge in [-0.1, -0.05) is 18.2 Å². The van der Waals surface area contributed by atoms with Crippen molar-refractivity contribution in [3.05, 3.63) is 35.9 Å². The van der Waals surface area contributed by atoms with Gasteiger partial charge in [-0.2, -0.15) is 0 Å². The van der Waals surface area contributed by atoms with Crippen LogP contribution in [0.1, 0.15) is 30.1 Å². The molecule has 0 amide bonds. The molecule has 116 valence electrons. The number of rotatable bonds is 3. The summed E-state index contributed by atoms with van der Waals surface area (Å²) in [5.41, 5.74) is -1.01. The molecule has 1 N–H and O–H groups in total. The van der Waals surface area contributed by atoms with Gasteiger partial charge in [-0.25, -0.2) is 4.79 Å². The first-order valence-corrected chi connectivity index (χ1v) is 7.61. The number of hydrogen-bond acceptors (Lipinski definition) is 5. The number of carbonyl (C=O) groups is 2. The predicted molar refractivity (Wildman–Crippen MR) is 75.9 cm³/mol. The molecule has 3 saturated carbocycles. The van der Waals surface area contributed by atoms with Gasteiger partial charge in [0.1, 0.15) is 17.6 Å². The van der Waals surface area contributed by atoms with Gasteiger partial charge in [-0.3, -0.25) is 4.79 Å². The highest BCUT2D eigenvalue weighted by molar-refractivity contribution is 5.90. The lowest BCUT2D eigenvalue weighted by molar-refractivity contribution is -0.189. The first-order chi connectivity index (χ1) is 10.5. The van der Waals surface area contributed by atoms with E-state index in [2.05, 4.69) is 0 Å². The first kappa shape index (κ1) is 13.8. The molecule has 0 spiro atoms. The zero-order valence-electron chi connectivity index (χ0n) is 12.3. The van der Waals surface area contributed by atoms with Gasteiger partial charge < -0.3 is 14.6 Å². The number of fused-ring (bicyclic) bond motifs is 1. The molecular weight excluding hydrogens is 284 g/mol. The molecule has 22 heavy (non-hydrogen) atoms. The first-order valence-electron chi connectivity index (χ1n) is 7.61. The fourth-order valence-electron chi connectivity index (χ4n) is 4.59. The molecule has 1 saturated heterocycles. The van der Waals surface area contributed by atoms with E-state index in [1.54, 1.807) is 24.3 Å². The van der Waals surface area contributed by atoms with Crippen LogP contribution in [-0.4, -0.2) is 35.4 Å². The maximum absolute atomic E-state index is 12.4. The van der Waals surface area contributed by atoms with Gasteiger partial charge in [0.25, 0.3) is 0 Å². The molecule has 5 atom stereocenters. The van der Waals surface area contributed by atoms with Crippen LogP contribution in [0.5, 0.6) is 0 Å². The van der Waals surface area contributed by atoms with Gasteiger partial charge in [-0.05, 0) is 25.5 Å². The van der Waals surface area contributed by atoms with E-state index in [1.807, 2.05) is 13.0 Å². The van der Waals surface area contributed by atoms with E-state index in [1.165, 1.54) is 0 Å². The SMILES string of the molecule is CC12C[C@@H](O)C3CC1C3(COC(=O)c1ccccc1)C(=O)O2. The van der Waals surface area contributed by atoms with E-state index >= 15 is 0 Å². The summed E-state index contributed by atoms with van der Waals surface area (Å²) in [6.07, 6.45) is 0.659. The van der Waals surface area contributed by atoms with Gasteiger partial charge in [0.15, 0.2) is 0 Å². The minimum Gasteiger partial charge on any atom is -0.461 e. The van der Waals surface area contributed by atoms with Gasteiger partial charge in [0.2, 0.25) is 0 Å². The molecule has 3 aliphatic carbocycles. The second-order valence-electron chi connectivity index (χ2n) is 6.85. The molecule has 0 radical (unpaired) electrons. The highest BCUT2D eigenvalue weighted by atomic mass is 16.6. The molecule has 0 aromatic heterocycles. The summed E-state index contributed by atoms with van der Waals surface area (Å²) in [5.74, 6) is -0.905. The predicted octanol–water partition coefficient (Wildman–Crippen LogP) is 1.55. The van der Waals surface area contributed by atoms with E-state index < -0.39 is 23.1 Å². The monoisotopic (exact) mass is 302 g/mol. The summed E-state index contributed by atoms with van der Waals surface area (Å²) < 4.78 is 11.0. The lowest BCUT2D eigenvalue weighted by Crippen LogP contribution is -2.65. The van der Waals surface area contributed by atoms with Crippen molar-refractivity contribution in [2.45, 2.75) is 31.5 Å². The molecule has 4 aliphatic rings. The Labute approximate surface area is 128 Å². The number of ether oxygens (including phenoxy) is 2. The zero-order valence-corrected chi connectivity index (χ0v) is 12.3. The van der Waals surface area contributed by atoms with Crippen molar-refractivity contribution < 1.29 is 24.2 Å². The normalized spacial score (nSPS) is 41.5. The molecule has 4 unspecified atom stereocenters. The van der Waals surface area contributed by atoms with Crippen LogP contribution in [0.4, 0.5) is 0 Å². The summed E-state index contributed by atoms with van der Waals surface area (Å²) in [6.45, 7) is 1.86. The molecule has 1 heterocycles. The number of aliphatic hydroxyl groups is 1. The maximum atomic E-state index is 12.4. The van der Waals surface area contributed by atoms with Gasteiger partial charge >= 0.3 is 11.9 Å². The highest BCUT2D eigenvalue weighted by Crippen LogP contribution is 2.69. The third-order valence-electron chi connectivity index (χ3n) is 5.75. The lowest BCUT2D eigenvalue weighted by atomic mass is 9.44. The van der Waals surface area contributed by atoms with E-state index in [0.29, 0.717) is 12.0 Å². The van der Waals surface area contributed by atoms with E-state index in [0.717, 1.165) is 6.42 Å². The standard InChI is InChI=1S/C17H18O5/c1-16-8-12(18)11-7-13(16)17(11,15(20)22-16)9-21-14(19)10-5-3-2-4-6-10/h2-6,11-13,18H,7-9H2,1H3/t11?,12-,13?,16?,17?/m1/s1. The third kappa shape index (κ3) is 1.57. The molecular formula is C17H18O5. The number of carbonyl (C=O) groups excluding carboxylic acids is 2. The summed E-state index contributed by atoms with van der Waals surface area (Å²) in [5, 5.41) is 10.3. The summed E-state index contributed by atoms with van der Waals surface area (Å²) in [7, 11) is 0. The van der Waals surface area contributed by atoms with Crippen LogP contribution in [-0.2, 0) is 14.3 Å². The topological polar surface area (TPSA) is 72.8 Å². The molecule has 5 heteroatoms. The minimum atomic E-state index is -0.850. The van der Waals surface area contributed by atoms with E-state index in [9.17, 15) is 14.7 Å². The number of hydrogen-bond donors (Lipinski definition) is 1. The Bertz CT molecular complexity index is 642. The Hall–Kier alpha value is -1.88. The van der Waals surface area contributed by atoms with Gasteiger partial charge in [-0.15, -0.1) is 0 Å². The maximum Gasteiger partial charge on any atom is 0.338 e. The van der Waals surface area contributed by atoms with Crippen molar-refractivity contribution in [1.29, 1.82) is 0 Å². The third-order valence-corrected chi connectivity index (χ3v) is 5.75. The van der Waals surface area contributed by atoms with Crippen LogP contribution in [0.3, 0.4) is 0 Å². The smallest absolute Gasteiger partial charge is 0.338 e. The molecule has 1 aromatic carbocycles. The lowest BCUT2D eigenvalue weighted by Gasteiger charge is -2.57. The van der Waals surface area contributed by atoms with E-state index in [-0.39, 0.29) is 24.4 Å². The average molecular weight is 302 g/mol. The number of aliphatic hydroxyl groups excluding tert-OH is 1. The quantitative estimate of drug-likeness (QED) is 0.858. The van der Waals surface area contributed by atoms with Crippen molar-refractivity contribution in [2.75, 3.05) is 6.61 Å². The number of benzene rings is 1. The fraction of sp³-hybridized carbons (Fsp3) is 0.529. The molecule has 4 fully saturated rings. The van der Waals surface area contributed by atoms with Crippen molar-refractivity contribution in [3.63, 3.8) is 0 Å². The van der Waals surface area contributed by atoms with Crippen LogP contribution >= 0.6 is 0 Å². The Morgan fingerprint density at radius 1 is 1.41 bits per heavy atom. The summed E-state index contributed by atoms with van der Waals surface area (Å²) >= 11 is 0. The second-order valence-corrected chi connectivity index (χ2v) is 6.85. The zero-order chi connectivity index (χ0) is 15.5. The van der Waals surface area contributed by atoms with Crippen LogP contribution in [0.25, 0.3) is 0 Å². The van der Waals surface area contributed by atoms with Crippen molar-refractivity contribution in [2.24, 2.45) is 17.3 Å². The van der Waals surface area contributed by atoms with Gasteiger partial charge in [0.05, 0.1) is 11.7 Å². The average Bonchev–Trinajstić information content (AvgIpc) is 2.57. The largest absolute Gasteiger partial charge is 0.461 e. The second kappa shape index (κ2) is 4.32. The van der Waals surface area contributed by atoms with Crippen molar-refractivity contribution >= 4 is 11.9 Å². The minimum absolute atomic E-state index is 0.0124. The van der Waals surface area contributed by atoms with Crippen molar-refractivity contribution in [1.82, 2.24) is 0 Å². The summed E-state index contributed by atoms with van der Waals surface area (Å²) in [4.78, 5) is 24.5. The van der Waals surface area contributed by atoms with Crippen LogP contribution < -0.4 is 0 Å². The molecule has 5 nitrogen and oxygen atoms in total. The Balaban J connectivity index is 1.56. The summed E-state index contributed by atoms with van der Waals surface area (Å²) in [6, 6.07) is 8.69. The molecule has 5 rings (SSSR count). The Morgan fingerprint density at radius 2 is 2.14 bits per heavy atom. The molecule has 4 bridgehead atoms. The molecule has 1 aliphatic heterocycles. The highest BCUT2D eigenvalue weighted by Gasteiger charge is 2.78. The number of esters is 2. The van der Waals surface area contributed by atoms with Gasteiger partial charge in [0, 0.05) is 18.3 Å². The van der Waals surface area contributed by atoms with Crippen LogP contribution in [0.15, 0.2) is 30.3 Å². The van der Waals surface area contributed by atoms with Crippen LogP contribution in [0, 0.1) is 17.3 Å². The Kier molecular flexibility index (Phi) is 2.70. The molecule has 1 aromatic rings. The fourth-order valence-corrected chi connectivity index (χ4v) is 4.59. The van der Waals surface area contributed by atoms with E-state index in [4.69, 9.17) is 9.47 Å². The van der Waals surface area contributed by atoms with Crippen LogP contribution in [0.2, 0.25) is 0 Å². The van der Waals surface area contributed by atoms with Crippen molar-refractivity contribution in [3.8, 4) is 0 Å².